The van der Waals surface area contributed by atoms with Gasteiger partial charge in [-0.1, -0.05) is 75.4 Å². The van der Waals surface area contributed by atoms with E-state index in [1.165, 1.54) is 29.2 Å². The minimum atomic E-state index is -0.760. The van der Waals surface area contributed by atoms with E-state index in [9.17, 15) is 19.1 Å². The Hall–Kier alpha value is -3.73. The predicted octanol–water partition coefficient (Wildman–Crippen LogP) is 5.75. The molecule has 0 aromatic heterocycles. The van der Waals surface area contributed by atoms with Crippen molar-refractivity contribution in [3.05, 3.63) is 113 Å². The third-order valence-corrected chi connectivity index (χ3v) is 5.95. The van der Waals surface area contributed by atoms with E-state index >= 15 is 0 Å². The number of nitrogens with zero attached hydrogens (tertiary/aromatic N) is 1. The first-order chi connectivity index (χ1) is 15.7. The zero-order valence-corrected chi connectivity index (χ0v) is 18.9. The summed E-state index contributed by atoms with van der Waals surface area (Å²) in [5.41, 5.74) is 2.94. The van der Waals surface area contributed by atoms with Gasteiger partial charge >= 0.3 is 0 Å². The molecular formula is C28H26FNO3. The fourth-order valence-electron chi connectivity index (χ4n) is 4.10. The molecule has 5 heteroatoms. The highest BCUT2D eigenvalue weighted by Crippen LogP contribution is 2.40. The van der Waals surface area contributed by atoms with Gasteiger partial charge in [0.1, 0.15) is 11.6 Å². The van der Waals surface area contributed by atoms with Gasteiger partial charge in [-0.2, -0.15) is 0 Å². The quantitative estimate of drug-likeness (QED) is 0.318. The number of carbonyl (C=O) groups excluding carboxylic acids is 2. The molecule has 3 aromatic carbocycles. The van der Waals surface area contributed by atoms with Gasteiger partial charge in [-0.15, -0.1) is 0 Å². The molecule has 33 heavy (non-hydrogen) atoms. The van der Waals surface area contributed by atoms with E-state index in [4.69, 9.17) is 0 Å². The first-order valence-corrected chi connectivity index (χ1v) is 10.9. The maximum atomic E-state index is 13.4. The summed E-state index contributed by atoms with van der Waals surface area (Å²) in [5, 5.41) is 11.1. The molecule has 1 amide bonds. The van der Waals surface area contributed by atoms with Crippen LogP contribution >= 0.6 is 0 Å². The number of carbonyl (C=O) groups is 2. The third kappa shape index (κ3) is 4.44. The molecular weight excluding hydrogens is 417 g/mol. The van der Waals surface area contributed by atoms with E-state index in [2.05, 4.69) is 20.8 Å². The molecule has 3 aromatic rings. The summed E-state index contributed by atoms with van der Waals surface area (Å²) in [4.78, 5) is 27.7. The van der Waals surface area contributed by atoms with Crippen molar-refractivity contribution in [2.24, 2.45) is 0 Å². The lowest BCUT2D eigenvalue weighted by Crippen LogP contribution is -2.29. The summed E-state index contributed by atoms with van der Waals surface area (Å²) in [7, 11) is 0. The first-order valence-electron chi connectivity index (χ1n) is 10.9. The van der Waals surface area contributed by atoms with Gasteiger partial charge in [-0.05, 0) is 46.4 Å². The standard InChI is InChI=1S/C28H26FNO3/c1-28(2,3)21-13-9-19(10-14-21)24-23(25(31)20-11-15-22(29)16-12-20)26(32)27(33)30(24)17-18-7-5-4-6-8-18/h4-16,24,31H,17H2,1-3H3. The SMILES string of the molecule is CC(C)(C)c1ccc(C2C(=C(O)c3ccc(F)cc3)C(=O)C(=O)N2Cc2ccccc2)cc1. The van der Waals surface area contributed by atoms with Crippen LogP contribution in [0.5, 0.6) is 0 Å². The van der Waals surface area contributed by atoms with E-state index < -0.39 is 23.5 Å². The molecule has 0 bridgehead atoms. The van der Waals surface area contributed by atoms with Crippen molar-refractivity contribution in [3.8, 4) is 0 Å². The topological polar surface area (TPSA) is 57.6 Å². The van der Waals surface area contributed by atoms with Crippen molar-refractivity contribution in [2.75, 3.05) is 0 Å². The summed E-state index contributed by atoms with van der Waals surface area (Å²) in [6, 6.07) is 21.6. The molecule has 0 saturated carbocycles. The van der Waals surface area contributed by atoms with Crippen LogP contribution in [0.25, 0.3) is 5.76 Å². The van der Waals surface area contributed by atoms with Gasteiger partial charge < -0.3 is 10.0 Å². The molecule has 0 spiro atoms. The molecule has 1 saturated heterocycles. The number of aliphatic hydroxyl groups is 1. The second-order valence-corrected chi connectivity index (χ2v) is 9.29. The van der Waals surface area contributed by atoms with Gasteiger partial charge in [-0.25, -0.2) is 4.39 Å². The lowest BCUT2D eigenvalue weighted by Gasteiger charge is -2.26. The number of amides is 1. The van der Waals surface area contributed by atoms with Crippen LogP contribution in [0.4, 0.5) is 4.39 Å². The lowest BCUT2D eigenvalue weighted by atomic mass is 9.85. The number of ketones is 1. The van der Waals surface area contributed by atoms with Crippen LogP contribution in [-0.4, -0.2) is 21.7 Å². The Labute approximate surface area is 193 Å². The van der Waals surface area contributed by atoms with Gasteiger partial charge in [0.15, 0.2) is 0 Å². The third-order valence-electron chi connectivity index (χ3n) is 5.95. The molecule has 1 fully saturated rings. The van der Waals surface area contributed by atoms with Gasteiger partial charge in [0, 0.05) is 12.1 Å². The van der Waals surface area contributed by atoms with E-state index in [-0.39, 0.29) is 28.9 Å². The molecule has 1 aliphatic heterocycles. The predicted molar refractivity (Wildman–Crippen MR) is 126 cm³/mol. The van der Waals surface area contributed by atoms with Crippen molar-refractivity contribution in [1.29, 1.82) is 0 Å². The fraction of sp³-hybridized carbons (Fsp3) is 0.214. The van der Waals surface area contributed by atoms with Crippen LogP contribution in [0.3, 0.4) is 0 Å². The molecule has 0 radical (unpaired) electrons. The van der Waals surface area contributed by atoms with E-state index in [0.29, 0.717) is 0 Å². The number of hydrogen-bond donors (Lipinski definition) is 1. The van der Waals surface area contributed by atoms with Gasteiger partial charge in [-0.3, -0.25) is 9.59 Å². The van der Waals surface area contributed by atoms with Crippen molar-refractivity contribution >= 4 is 17.4 Å². The highest BCUT2D eigenvalue weighted by molar-refractivity contribution is 6.46. The lowest BCUT2D eigenvalue weighted by molar-refractivity contribution is -0.140. The van der Waals surface area contributed by atoms with Crippen LogP contribution in [0, 0.1) is 5.82 Å². The Morgan fingerprint density at radius 3 is 2.09 bits per heavy atom. The number of Topliss-reactive ketones (excluding diaryl/α,β-unsaturated/α-hetero) is 1. The molecule has 1 aliphatic rings. The smallest absolute Gasteiger partial charge is 0.295 e. The van der Waals surface area contributed by atoms with E-state index in [1.807, 2.05) is 54.6 Å². The molecule has 0 aliphatic carbocycles. The Balaban J connectivity index is 1.85. The maximum absolute atomic E-state index is 13.4. The fourth-order valence-corrected chi connectivity index (χ4v) is 4.10. The molecule has 1 heterocycles. The average Bonchev–Trinajstić information content (AvgIpc) is 3.04. The number of likely N-dealkylation sites (tertiary alicyclic amines) is 1. The summed E-state index contributed by atoms with van der Waals surface area (Å²) in [6.45, 7) is 6.55. The van der Waals surface area contributed by atoms with Crippen molar-refractivity contribution < 1.29 is 19.1 Å². The van der Waals surface area contributed by atoms with E-state index in [1.54, 1.807) is 0 Å². The Morgan fingerprint density at radius 2 is 1.52 bits per heavy atom. The molecule has 168 valence electrons. The minimum Gasteiger partial charge on any atom is -0.507 e. The zero-order chi connectivity index (χ0) is 23.8. The summed E-state index contributed by atoms with van der Waals surface area (Å²) >= 11 is 0. The van der Waals surface area contributed by atoms with Crippen molar-refractivity contribution in [2.45, 2.75) is 38.8 Å². The Kier molecular flexibility index (Phi) is 5.90. The number of halogens is 1. The minimum absolute atomic E-state index is 0.00560. The van der Waals surface area contributed by atoms with E-state index in [0.717, 1.165) is 16.7 Å². The maximum Gasteiger partial charge on any atom is 0.295 e. The average molecular weight is 444 g/mol. The zero-order valence-electron chi connectivity index (χ0n) is 18.9. The highest BCUT2D eigenvalue weighted by atomic mass is 19.1. The molecule has 1 N–H and O–H groups in total. The number of rotatable bonds is 4. The molecule has 1 unspecified atom stereocenters. The Morgan fingerprint density at radius 1 is 0.909 bits per heavy atom. The molecule has 4 nitrogen and oxygen atoms in total. The normalized spacial score (nSPS) is 18.1. The van der Waals surface area contributed by atoms with Gasteiger partial charge in [0.2, 0.25) is 0 Å². The van der Waals surface area contributed by atoms with Crippen LogP contribution < -0.4 is 0 Å². The van der Waals surface area contributed by atoms with Crippen LogP contribution in [0.2, 0.25) is 0 Å². The van der Waals surface area contributed by atoms with Gasteiger partial charge in [0.25, 0.3) is 11.7 Å². The first kappa shape index (κ1) is 22.5. The number of benzene rings is 3. The number of hydrogen-bond acceptors (Lipinski definition) is 3. The molecule has 4 rings (SSSR count). The van der Waals surface area contributed by atoms with Crippen LogP contribution in [-0.2, 0) is 21.5 Å². The highest BCUT2D eigenvalue weighted by Gasteiger charge is 2.46. The Bertz CT molecular complexity index is 1210. The van der Waals surface area contributed by atoms with Gasteiger partial charge in [0.05, 0.1) is 11.6 Å². The van der Waals surface area contributed by atoms with Crippen LogP contribution in [0.15, 0.2) is 84.4 Å². The summed E-state index contributed by atoms with van der Waals surface area (Å²) in [5.74, 6) is -2.19. The summed E-state index contributed by atoms with van der Waals surface area (Å²) < 4.78 is 13.4. The second-order valence-electron chi connectivity index (χ2n) is 9.29. The monoisotopic (exact) mass is 443 g/mol. The van der Waals surface area contributed by atoms with Crippen LogP contribution in [0.1, 0.15) is 49.1 Å². The second kappa shape index (κ2) is 8.66. The summed E-state index contributed by atoms with van der Waals surface area (Å²) in [6.07, 6.45) is 0. The van der Waals surface area contributed by atoms with Crippen molar-refractivity contribution in [1.82, 2.24) is 4.90 Å². The largest absolute Gasteiger partial charge is 0.507 e. The molecule has 1 atom stereocenters. The number of aliphatic hydroxyl groups excluding tert-OH is 1. The van der Waals surface area contributed by atoms with Crippen molar-refractivity contribution in [3.63, 3.8) is 0 Å².